The summed E-state index contributed by atoms with van der Waals surface area (Å²) in [6, 6.07) is 13.4. The lowest BCUT2D eigenvalue weighted by Gasteiger charge is -2.18. The lowest BCUT2D eigenvalue weighted by molar-refractivity contribution is -0.111. The zero-order valence-corrected chi connectivity index (χ0v) is 18.5. The van der Waals surface area contributed by atoms with Crippen molar-refractivity contribution in [1.82, 2.24) is 9.62 Å². The highest BCUT2D eigenvalue weighted by Crippen LogP contribution is 2.20. The molecule has 0 atom stereocenters. The number of amides is 2. The summed E-state index contributed by atoms with van der Waals surface area (Å²) in [5.41, 5.74) is 1.88. The van der Waals surface area contributed by atoms with E-state index in [9.17, 15) is 18.0 Å². The predicted molar refractivity (Wildman–Crippen MR) is 121 cm³/mol. The van der Waals surface area contributed by atoms with E-state index >= 15 is 0 Å². The summed E-state index contributed by atoms with van der Waals surface area (Å²) in [6.45, 7) is 4.37. The molecular formula is C23H27N3O4S. The second kappa shape index (κ2) is 9.89. The van der Waals surface area contributed by atoms with Crippen LogP contribution in [0.3, 0.4) is 0 Å². The second-order valence-electron chi connectivity index (χ2n) is 7.31. The number of anilines is 1. The zero-order valence-electron chi connectivity index (χ0n) is 17.7. The summed E-state index contributed by atoms with van der Waals surface area (Å²) >= 11 is 0. The van der Waals surface area contributed by atoms with Gasteiger partial charge in [-0.3, -0.25) is 9.59 Å². The quantitative estimate of drug-likeness (QED) is 0.584. The summed E-state index contributed by atoms with van der Waals surface area (Å²) in [7, 11) is -3.53. The summed E-state index contributed by atoms with van der Waals surface area (Å²) in [4.78, 5) is 24.4. The number of benzene rings is 2. The molecule has 1 fully saturated rings. The third-order valence-corrected chi connectivity index (χ3v) is 7.04. The monoisotopic (exact) mass is 441 g/mol. The molecule has 1 saturated carbocycles. The molecule has 1 aliphatic carbocycles. The van der Waals surface area contributed by atoms with Gasteiger partial charge >= 0.3 is 0 Å². The van der Waals surface area contributed by atoms with Crippen LogP contribution in [0.5, 0.6) is 0 Å². The normalized spacial score (nSPS) is 14.0. The van der Waals surface area contributed by atoms with Gasteiger partial charge in [0.2, 0.25) is 15.9 Å². The van der Waals surface area contributed by atoms with E-state index in [1.165, 1.54) is 22.5 Å². The minimum absolute atomic E-state index is 0.0813. The van der Waals surface area contributed by atoms with E-state index in [0.717, 1.165) is 18.4 Å². The first kappa shape index (κ1) is 22.7. The molecule has 0 saturated heterocycles. The average Bonchev–Trinajstić information content (AvgIpc) is 3.57. The SMILES string of the molecule is CCN(CC)S(=O)(=O)c1ccc(NC(=O)/C=C/c2ccc(C(=O)NC3CC3)cc2)cc1. The highest BCUT2D eigenvalue weighted by atomic mass is 32.2. The van der Waals surface area contributed by atoms with Gasteiger partial charge in [0.15, 0.2) is 0 Å². The molecule has 7 nitrogen and oxygen atoms in total. The molecule has 2 aromatic rings. The molecule has 0 spiro atoms. The summed E-state index contributed by atoms with van der Waals surface area (Å²) in [6.07, 6.45) is 5.11. The maximum absolute atomic E-state index is 12.5. The number of rotatable bonds is 9. The van der Waals surface area contributed by atoms with Crippen LogP contribution >= 0.6 is 0 Å². The molecule has 1 aliphatic rings. The molecule has 0 radical (unpaired) electrons. The third kappa shape index (κ3) is 6.02. The molecule has 2 amide bonds. The topological polar surface area (TPSA) is 95.6 Å². The van der Waals surface area contributed by atoms with Crippen molar-refractivity contribution in [2.75, 3.05) is 18.4 Å². The van der Waals surface area contributed by atoms with E-state index in [0.29, 0.717) is 30.4 Å². The largest absolute Gasteiger partial charge is 0.349 e. The number of nitrogens with one attached hydrogen (secondary N) is 2. The fourth-order valence-electron chi connectivity index (χ4n) is 3.02. The van der Waals surface area contributed by atoms with Gasteiger partial charge in [-0.1, -0.05) is 26.0 Å². The molecule has 164 valence electrons. The van der Waals surface area contributed by atoms with E-state index in [4.69, 9.17) is 0 Å². The lowest BCUT2D eigenvalue weighted by Crippen LogP contribution is -2.30. The third-order valence-electron chi connectivity index (χ3n) is 4.98. The van der Waals surface area contributed by atoms with E-state index in [1.54, 1.807) is 56.3 Å². The van der Waals surface area contributed by atoms with Gasteiger partial charge in [0, 0.05) is 36.5 Å². The summed E-state index contributed by atoms with van der Waals surface area (Å²) < 4.78 is 26.4. The summed E-state index contributed by atoms with van der Waals surface area (Å²) in [5, 5.41) is 5.64. The zero-order chi connectivity index (χ0) is 22.4. The van der Waals surface area contributed by atoms with Crippen LogP contribution in [0.4, 0.5) is 5.69 Å². The minimum Gasteiger partial charge on any atom is -0.349 e. The van der Waals surface area contributed by atoms with E-state index in [-0.39, 0.29) is 16.7 Å². The van der Waals surface area contributed by atoms with Crippen LogP contribution in [-0.2, 0) is 14.8 Å². The van der Waals surface area contributed by atoms with Crippen LogP contribution in [0.25, 0.3) is 6.08 Å². The first-order valence-corrected chi connectivity index (χ1v) is 11.8. The van der Waals surface area contributed by atoms with Crippen molar-refractivity contribution >= 4 is 33.6 Å². The Labute approximate surface area is 183 Å². The molecular weight excluding hydrogens is 414 g/mol. The standard InChI is InChI=1S/C23H27N3O4S/c1-3-26(4-2)31(29,30)21-14-12-19(13-15-21)24-22(27)16-7-17-5-8-18(9-6-17)23(28)25-20-10-11-20/h5-9,12-16,20H,3-4,10-11H2,1-2H3,(H,24,27)(H,25,28)/b16-7+. The average molecular weight is 442 g/mol. The Morgan fingerprint density at radius 2 is 1.61 bits per heavy atom. The number of nitrogens with zero attached hydrogens (tertiary/aromatic N) is 1. The predicted octanol–water partition coefficient (Wildman–Crippen LogP) is 3.26. The lowest BCUT2D eigenvalue weighted by atomic mass is 10.1. The van der Waals surface area contributed by atoms with Crippen LogP contribution in [0, 0.1) is 0 Å². The molecule has 31 heavy (non-hydrogen) atoms. The molecule has 2 aromatic carbocycles. The Hall–Kier alpha value is -2.97. The van der Waals surface area contributed by atoms with Crippen LogP contribution in [0.2, 0.25) is 0 Å². The van der Waals surface area contributed by atoms with Crippen molar-refractivity contribution in [3.8, 4) is 0 Å². The van der Waals surface area contributed by atoms with Gasteiger partial charge in [-0.2, -0.15) is 4.31 Å². The van der Waals surface area contributed by atoms with Gasteiger partial charge in [0.05, 0.1) is 4.90 Å². The minimum atomic E-state index is -3.53. The number of sulfonamides is 1. The number of carbonyl (C=O) groups is 2. The molecule has 0 aromatic heterocycles. The molecule has 0 heterocycles. The molecule has 2 N–H and O–H groups in total. The van der Waals surface area contributed by atoms with Gasteiger partial charge in [0.1, 0.15) is 0 Å². The molecule has 3 rings (SSSR count). The smallest absolute Gasteiger partial charge is 0.251 e. The molecule has 0 unspecified atom stereocenters. The summed E-state index contributed by atoms with van der Waals surface area (Å²) in [5.74, 6) is -0.419. The van der Waals surface area contributed by atoms with Gasteiger partial charge in [-0.25, -0.2) is 8.42 Å². The van der Waals surface area contributed by atoms with Gasteiger partial charge < -0.3 is 10.6 Å². The highest BCUT2D eigenvalue weighted by Gasteiger charge is 2.23. The van der Waals surface area contributed by atoms with Crippen molar-refractivity contribution in [3.63, 3.8) is 0 Å². The van der Waals surface area contributed by atoms with Crippen molar-refractivity contribution in [3.05, 3.63) is 65.7 Å². The second-order valence-corrected chi connectivity index (χ2v) is 9.24. The maximum Gasteiger partial charge on any atom is 0.251 e. The van der Waals surface area contributed by atoms with Crippen molar-refractivity contribution in [1.29, 1.82) is 0 Å². The maximum atomic E-state index is 12.5. The fourth-order valence-corrected chi connectivity index (χ4v) is 4.48. The first-order chi connectivity index (χ1) is 14.8. The van der Waals surface area contributed by atoms with Crippen LogP contribution in [0.1, 0.15) is 42.6 Å². The van der Waals surface area contributed by atoms with Gasteiger partial charge in [-0.05, 0) is 60.9 Å². The van der Waals surface area contributed by atoms with E-state index in [1.807, 2.05) is 0 Å². The van der Waals surface area contributed by atoms with Crippen molar-refractivity contribution in [2.45, 2.75) is 37.6 Å². The molecule has 0 bridgehead atoms. The van der Waals surface area contributed by atoms with Crippen LogP contribution in [0.15, 0.2) is 59.5 Å². The number of hydrogen-bond acceptors (Lipinski definition) is 4. The van der Waals surface area contributed by atoms with Crippen molar-refractivity contribution < 1.29 is 18.0 Å². The fraction of sp³-hybridized carbons (Fsp3) is 0.304. The van der Waals surface area contributed by atoms with Gasteiger partial charge in [0.25, 0.3) is 5.91 Å². The van der Waals surface area contributed by atoms with Gasteiger partial charge in [-0.15, -0.1) is 0 Å². The Kier molecular flexibility index (Phi) is 7.25. The van der Waals surface area contributed by atoms with E-state index in [2.05, 4.69) is 10.6 Å². The van der Waals surface area contributed by atoms with Crippen LogP contribution in [-0.4, -0.2) is 43.7 Å². The van der Waals surface area contributed by atoms with E-state index < -0.39 is 10.0 Å². The molecule has 8 heteroatoms. The van der Waals surface area contributed by atoms with Crippen molar-refractivity contribution in [2.24, 2.45) is 0 Å². The number of carbonyl (C=O) groups excluding carboxylic acids is 2. The Balaban J connectivity index is 1.57. The Morgan fingerprint density at radius 1 is 1.00 bits per heavy atom. The van der Waals surface area contributed by atoms with Crippen LogP contribution < -0.4 is 10.6 Å². The Bertz CT molecular complexity index is 1050. The Morgan fingerprint density at radius 3 is 2.16 bits per heavy atom. The molecule has 0 aliphatic heterocycles. The number of hydrogen-bond donors (Lipinski definition) is 2. The highest BCUT2D eigenvalue weighted by molar-refractivity contribution is 7.89. The first-order valence-electron chi connectivity index (χ1n) is 10.3.